The largest absolute Gasteiger partial charge is 0.368 e. The van der Waals surface area contributed by atoms with E-state index in [1.54, 1.807) is 0 Å². The summed E-state index contributed by atoms with van der Waals surface area (Å²) in [5, 5.41) is 0. The van der Waals surface area contributed by atoms with Gasteiger partial charge in [-0.1, -0.05) is 42.5 Å². The summed E-state index contributed by atoms with van der Waals surface area (Å²) in [4.78, 5) is 2.53. The minimum atomic E-state index is 0.571. The minimum absolute atomic E-state index is 0.571. The highest BCUT2D eigenvalue weighted by molar-refractivity contribution is 5.49. The monoisotopic (exact) mass is 266 g/mol. The van der Waals surface area contributed by atoms with Crippen molar-refractivity contribution < 1.29 is 0 Å². The summed E-state index contributed by atoms with van der Waals surface area (Å²) in [6.07, 6.45) is 3.34. The molecule has 3 rings (SSSR count). The van der Waals surface area contributed by atoms with Crippen LogP contribution in [0.5, 0.6) is 0 Å². The molecule has 2 nitrogen and oxygen atoms in total. The van der Waals surface area contributed by atoms with Crippen molar-refractivity contribution in [3.8, 4) is 0 Å². The van der Waals surface area contributed by atoms with Crippen LogP contribution in [-0.4, -0.2) is 19.1 Å². The van der Waals surface area contributed by atoms with Gasteiger partial charge < -0.3 is 10.6 Å². The van der Waals surface area contributed by atoms with Crippen LogP contribution in [0.25, 0.3) is 0 Å². The molecule has 0 fully saturated rings. The molecule has 0 bridgehead atoms. The molecular formula is C18H22N2. The summed E-state index contributed by atoms with van der Waals surface area (Å²) >= 11 is 0. The summed E-state index contributed by atoms with van der Waals surface area (Å²) in [6, 6.07) is 20.1. The van der Waals surface area contributed by atoms with Crippen LogP contribution in [0.3, 0.4) is 0 Å². The van der Waals surface area contributed by atoms with Crippen LogP contribution < -0.4 is 10.6 Å². The molecule has 0 aromatic heterocycles. The maximum Gasteiger partial charge on any atom is 0.0370 e. The number of fused-ring (bicyclic) bond motifs is 1. The number of nitrogens with two attached hydrogens (primary N) is 1. The second-order valence-electron chi connectivity index (χ2n) is 5.50. The molecule has 0 atom stereocenters. The average molecular weight is 266 g/mol. The molecule has 2 aromatic carbocycles. The molecule has 0 radical (unpaired) electrons. The quantitative estimate of drug-likeness (QED) is 0.901. The van der Waals surface area contributed by atoms with E-state index < -0.39 is 0 Å². The zero-order valence-electron chi connectivity index (χ0n) is 11.8. The standard InChI is InChI=1S/C18H22N2/c19-11-6-12-20(17-9-2-1-3-10-17)18-13-15-7-4-5-8-16(15)14-18/h1-5,7-10,18H,6,11-14,19H2. The van der Waals surface area contributed by atoms with Crippen LogP contribution in [0.1, 0.15) is 17.5 Å². The Morgan fingerprint density at radius 3 is 2.10 bits per heavy atom. The average Bonchev–Trinajstić information content (AvgIpc) is 2.92. The molecule has 2 heteroatoms. The van der Waals surface area contributed by atoms with Gasteiger partial charge in [-0.05, 0) is 49.1 Å². The van der Waals surface area contributed by atoms with E-state index in [1.807, 2.05) is 0 Å². The van der Waals surface area contributed by atoms with Crippen molar-refractivity contribution in [1.29, 1.82) is 0 Å². The molecule has 0 saturated heterocycles. The number of benzene rings is 2. The van der Waals surface area contributed by atoms with Crippen molar-refractivity contribution in [3.05, 3.63) is 65.7 Å². The first-order chi connectivity index (χ1) is 9.88. The fraction of sp³-hybridized carbons (Fsp3) is 0.333. The number of anilines is 1. The fourth-order valence-corrected chi connectivity index (χ4v) is 3.16. The van der Waals surface area contributed by atoms with E-state index >= 15 is 0 Å². The molecule has 20 heavy (non-hydrogen) atoms. The van der Waals surface area contributed by atoms with Gasteiger partial charge in [0.15, 0.2) is 0 Å². The smallest absolute Gasteiger partial charge is 0.0370 e. The molecule has 0 aliphatic heterocycles. The normalized spacial score (nSPS) is 14.2. The molecule has 0 unspecified atom stereocenters. The van der Waals surface area contributed by atoms with Gasteiger partial charge in [0.05, 0.1) is 0 Å². The van der Waals surface area contributed by atoms with E-state index in [4.69, 9.17) is 5.73 Å². The molecule has 0 heterocycles. The van der Waals surface area contributed by atoms with Gasteiger partial charge in [0, 0.05) is 18.3 Å². The van der Waals surface area contributed by atoms with E-state index in [0.717, 1.165) is 32.4 Å². The fourth-order valence-electron chi connectivity index (χ4n) is 3.16. The molecule has 0 amide bonds. The van der Waals surface area contributed by atoms with Crippen LogP contribution in [0, 0.1) is 0 Å². The van der Waals surface area contributed by atoms with Gasteiger partial charge in [-0.2, -0.15) is 0 Å². The van der Waals surface area contributed by atoms with E-state index in [0.29, 0.717) is 6.04 Å². The molecule has 104 valence electrons. The lowest BCUT2D eigenvalue weighted by atomic mass is 10.1. The Balaban J connectivity index is 1.81. The molecule has 0 spiro atoms. The van der Waals surface area contributed by atoms with E-state index in [-0.39, 0.29) is 0 Å². The van der Waals surface area contributed by atoms with Crippen molar-refractivity contribution in [3.63, 3.8) is 0 Å². The Morgan fingerprint density at radius 1 is 0.900 bits per heavy atom. The van der Waals surface area contributed by atoms with Gasteiger partial charge in [-0.25, -0.2) is 0 Å². The number of nitrogens with zero attached hydrogens (tertiary/aromatic N) is 1. The van der Waals surface area contributed by atoms with Crippen LogP contribution in [0.15, 0.2) is 54.6 Å². The second-order valence-corrected chi connectivity index (χ2v) is 5.50. The third-order valence-corrected chi connectivity index (χ3v) is 4.16. The van der Waals surface area contributed by atoms with Gasteiger partial charge in [0.25, 0.3) is 0 Å². The first kappa shape index (κ1) is 13.2. The first-order valence-corrected chi connectivity index (χ1v) is 7.47. The van der Waals surface area contributed by atoms with Crippen molar-refractivity contribution in [2.75, 3.05) is 18.0 Å². The summed E-state index contributed by atoms with van der Waals surface area (Å²) in [5.74, 6) is 0. The lowest BCUT2D eigenvalue weighted by Crippen LogP contribution is -2.37. The van der Waals surface area contributed by atoms with Crippen molar-refractivity contribution in [2.45, 2.75) is 25.3 Å². The zero-order valence-corrected chi connectivity index (χ0v) is 11.8. The van der Waals surface area contributed by atoms with Crippen LogP contribution in [-0.2, 0) is 12.8 Å². The number of hydrogen-bond acceptors (Lipinski definition) is 2. The molecule has 2 aromatic rings. The van der Waals surface area contributed by atoms with Crippen molar-refractivity contribution in [2.24, 2.45) is 5.73 Å². The minimum Gasteiger partial charge on any atom is -0.368 e. The number of hydrogen-bond donors (Lipinski definition) is 1. The third kappa shape index (κ3) is 2.70. The van der Waals surface area contributed by atoms with Gasteiger partial charge >= 0.3 is 0 Å². The Kier molecular flexibility index (Phi) is 4.03. The second kappa shape index (κ2) is 6.10. The van der Waals surface area contributed by atoms with Gasteiger partial charge in [-0.15, -0.1) is 0 Å². The van der Waals surface area contributed by atoms with Crippen LogP contribution in [0.2, 0.25) is 0 Å². The SMILES string of the molecule is NCCCN(c1ccccc1)C1Cc2ccccc2C1. The Morgan fingerprint density at radius 2 is 1.50 bits per heavy atom. The Bertz CT molecular complexity index is 525. The Labute approximate surface area is 121 Å². The maximum absolute atomic E-state index is 5.71. The van der Waals surface area contributed by atoms with Gasteiger partial charge in [0.1, 0.15) is 0 Å². The van der Waals surface area contributed by atoms with Crippen molar-refractivity contribution >= 4 is 5.69 Å². The molecule has 1 aliphatic rings. The summed E-state index contributed by atoms with van der Waals surface area (Å²) in [7, 11) is 0. The highest BCUT2D eigenvalue weighted by Gasteiger charge is 2.26. The van der Waals surface area contributed by atoms with Crippen LogP contribution >= 0.6 is 0 Å². The zero-order chi connectivity index (χ0) is 13.8. The maximum atomic E-state index is 5.71. The first-order valence-electron chi connectivity index (χ1n) is 7.47. The van der Waals surface area contributed by atoms with Crippen molar-refractivity contribution in [1.82, 2.24) is 0 Å². The van der Waals surface area contributed by atoms with E-state index in [1.165, 1.54) is 16.8 Å². The van der Waals surface area contributed by atoms with Crippen LogP contribution in [0.4, 0.5) is 5.69 Å². The Hall–Kier alpha value is -1.80. The molecular weight excluding hydrogens is 244 g/mol. The van der Waals surface area contributed by atoms with E-state index in [9.17, 15) is 0 Å². The molecule has 0 saturated carbocycles. The highest BCUT2D eigenvalue weighted by Crippen LogP contribution is 2.28. The number of para-hydroxylation sites is 1. The van der Waals surface area contributed by atoms with Gasteiger partial charge in [-0.3, -0.25) is 0 Å². The summed E-state index contributed by atoms with van der Waals surface area (Å²) in [6.45, 7) is 1.79. The third-order valence-electron chi connectivity index (χ3n) is 4.16. The summed E-state index contributed by atoms with van der Waals surface area (Å²) in [5.41, 5.74) is 10.0. The lowest BCUT2D eigenvalue weighted by molar-refractivity contribution is 0.602. The van der Waals surface area contributed by atoms with Gasteiger partial charge in [0.2, 0.25) is 0 Å². The lowest BCUT2D eigenvalue weighted by Gasteiger charge is -2.31. The predicted octanol–water partition coefficient (Wildman–Crippen LogP) is 3.01. The highest BCUT2D eigenvalue weighted by atomic mass is 15.2. The summed E-state index contributed by atoms with van der Waals surface area (Å²) < 4.78 is 0. The van der Waals surface area contributed by atoms with E-state index in [2.05, 4.69) is 59.5 Å². The molecule has 1 aliphatic carbocycles. The number of rotatable bonds is 5. The molecule has 2 N–H and O–H groups in total. The predicted molar refractivity (Wildman–Crippen MR) is 85.1 cm³/mol. The topological polar surface area (TPSA) is 29.3 Å².